The summed E-state index contributed by atoms with van der Waals surface area (Å²) in [4.78, 5) is 20.8. The highest BCUT2D eigenvalue weighted by Gasteiger charge is 2.39. The Morgan fingerprint density at radius 1 is 1.11 bits per heavy atom. The number of ether oxygens (including phenoxy) is 3. The molecule has 228 valence electrons. The molecule has 0 aliphatic carbocycles. The fourth-order valence-electron chi connectivity index (χ4n) is 5.28. The van der Waals surface area contributed by atoms with Gasteiger partial charge in [0, 0.05) is 23.5 Å². The van der Waals surface area contributed by atoms with Crippen molar-refractivity contribution in [3.05, 3.63) is 82.1 Å². The zero-order valence-corrected chi connectivity index (χ0v) is 25.0. The molecule has 13 heteroatoms. The van der Waals surface area contributed by atoms with Crippen LogP contribution in [-0.4, -0.2) is 55.6 Å². The number of imidazole rings is 1. The number of nitrogens with zero attached hydrogens (tertiary/aromatic N) is 5. The summed E-state index contributed by atoms with van der Waals surface area (Å²) in [6.07, 6.45) is -0.0190. The third-order valence-electron chi connectivity index (χ3n) is 7.52. The Bertz CT molecular complexity index is 1860. The predicted octanol–water partition coefficient (Wildman–Crippen LogP) is 6.09. The Hall–Kier alpha value is -4.49. The lowest BCUT2D eigenvalue weighted by Crippen LogP contribution is -2.27. The van der Waals surface area contributed by atoms with Gasteiger partial charge < -0.3 is 23.9 Å². The van der Waals surface area contributed by atoms with Gasteiger partial charge in [-0.15, -0.1) is 5.10 Å². The summed E-state index contributed by atoms with van der Waals surface area (Å²) < 4.78 is 49.9. The fraction of sp³-hybridized carbons (Fsp3) is 0.323. The van der Waals surface area contributed by atoms with Crippen LogP contribution in [0.25, 0.3) is 22.3 Å². The van der Waals surface area contributed by atoms with Gasteiger partial charge in [-0.05, 0) is 48.9 Å². The van der Waals surface area contributed by atoms with E-state index in [0.29, 0.717) is 46.9 Å². The maximum absolute atomic E-state index is 15.6. The van der Waals surface area contributed by atoms with Crippen molar-refractivity contribution in [3.8, 4) is 22.3 Å². The monoisotopic (exact) mass is 621 g/mol. The summed E-state index contributed by atoms with van der Waals surface area (Å²) in [5, 5.41) is 18.5. The highest BCUT2D eigenvalue weighted by atomic mass is 32.1. The molecule has 3 aromatic heterocycles. The van der Waals surface area contributed by atoms with Gasteiger partial charge in [-0.3, -0.25) is 0 Å². The number of carboxylic acids is 1. The quantitative estimate of drug-likeness (QED) is 0.197. The highest BCUT2D eigenvalue weighted by Crippen LogP contribution is 2.40. The smallest absolute Gasteiger partial charge is 0.335 e. The van der Waals surface area contributed by atoms with Crippen LogP contribution < -0.4 is 9.47 Å². The number of carboxylic acid groups (broad SMARTS) is 1. The Balaban J connectivity index is 1.29. The number of rotatable bonds is 10. The van der Waals surface area contributed by atoms with Gasteiger partial charge in [-0.2, -0.15) is 0 Å². The summed E-state index contributed by atoms with van der Waals surface area (Å²) >= 11 is 1.25. The largest absolute Gasteiger partial charge is 0.478 e. The van der Waals surface area contributed by atoms with E-state index in [1.165, 1.54) is 17.4 Å². The number of benzene rings is 2. The number of aromatic nitrogens is 5. The molecule has 1 aliphatic heterocycles. The van der Waals surface area contributed by atoms with Crippen LogP contribution in [-0.2, 0) is 17.8 Å². The minimum Gasteiger partial charge on any atom is -0.478 e. The molecule has 0 spiro atoms. The molecule has 0 saturated carbocycles. The van der Waals surface area contributed by atoms with Gasteiger partial charge in [0.2, 0.25) is 5.88 Å². The summed E-state index contributed by atoms with van der Waals surface area (Å²) in [6.45, 7) is 7.40. The van der Waals surface area contributed by atoms with E-state index in [4.69, 9.17) is 19.2 Å². The Morgan fingerprint density at radius 2 is 1.95 bits per heavy atom. The van der Waals surface area contributed by atoms with Crippen LogP contribution in [0.2, 0.25) is 0 Å². The SMILES string of the molecule is CCOc1nnc(COc2cccc(-c3cc(F)c(Cc4nc5ccc(C(=O)O)cc5n4C4COCC4(C)C)cc3F)n2)s1. The van der Waals surface area contributed by atoms with E-state index >= 15 is 8.78 Å². The molecule has 5 aromatic rings. The van der Waals surface area contributed by atoms with Crippen molar-refractivity contribution in [2.24, 2.45) is 5.41 Å². The first kappa shape index (κ1) is 29.6. The molecule has 0 bridgehead atoms. The first-order valence-electron chi connectivity index (χ1n) is 14.0. The fourth-order valence-corrected chi connectivity index (χ4v) is 5.94. The van der Waals surface area contributed by atoms with Crippen LogP contribution in [0.3, 0.4) is 0 Å². The number of aromatic carboxylic acids is 1. The zero-order valence-electron chi connectivity index (χ0n) is 24.2. The number of hydrogen-bond donors (Lipinski definition) is 1. The van der Waals surface area contributed by atoms with Crippen molar-refractivity contribution >= 4 is 28.3 Å². The molecule has 44 heavy (non-hydrogen) atoms. The van der Waals surface area contributed by atoms with Gasteiger partial charge in [-0.25, -0.2) is 23.5 Å². The highest BCUT2D eigenvalue weighted by molar-refractivity contribution is 7.13. The first-order chi connectivity index (χ1) is 21.1. The van der Waals surface area contributed by atoms with Crippen molar-refractivity contribution in [2.75, 3.05) is 19.8 Å². The lowest BCUT2D eigenvalue weighted by atomic mass is 9.87. The molecule has 1 N–H and O–H groups in total. The minimum atomic E-state index is -1.06. The third kappa shape index (κ3) is 5.84. The van der Waals surface area contributed by atoms with Crippen LogP contribution >= 0.6 is 11.3 Å². The van der Waals surface area contributed by atoms with Gasteiger partial charge in [0.15, 0.2) is 5.01 Å². The molecule has 1 atom stereocenters. The Morgan fingerprint density at radius 3 is 2.70 bits per heavy atom. The second kappa shape index (κ2) is 11.9. The molecule has 10 nitrogen and oxygen atoms in total. The van der Waals surface area contributed by atoms with E-state index in [2.05, 4.69) is 15.2 Å². The molecule has 6 rings (SSSR count). The number of fused-ring (bicyclic) bond motifs is 1. The number of hydrogen-bond acceptors (Lipinski definition) is 9. The van der Waals surface area contributed by atoms with Crippen molar-refractivity contribution < 1.29 is 32.9 Å². The van der Waals surface area contributed by atoms with E-state index in [0.717, 1.165) is 12.1 Å². The maximum Gasteiger partial charge on any atom is 0.335 e. The van der Waals surface area contributed by atoms with Crippen molar-refractivity contribution in [3.63, 3.8) is 0 Å². The average Bonchev–Trinajstić information content (AvgIpc) is 3.69. The van der Waals surface area contributed by atoms with Crippen molar-refractivity contribution in [1.29, 1.82) is 0 Å². The maximum atomic E-state index is 15.6. The zero-order chi connectivity index (χ0) is 31.0. The molecule has 1 unspecified atom stereocenters. The van der Waals surface area contributed by atoms with Crippen LogP contribution in [0.5, 0.6) is 11.1 Å². The lowest BCUT2D eigenvalue weighted by molar-refractivity contribution is 0.0697. The van der Waals surface area contributed by atoms with E-state index in [9.17, 15) is 9.90 Å². The first-order valence-corrected chi connectivity index (χ1v) is 14.8. The molecule has 0 radical (unpaired) electrons. The van der Waals surface area contributed by atoms with Crippen LogP contribution in [0.1, 0.15) is 53.6 Å². The summed E-state index contributed by atoms with van der Waals surface area (Å²) in [7, 11) is 0. The molecular formula is C31H29F2N5O5S. The summed E-state index contributed by atoms with van der Waals surface area (Å²) in [5.41, 5.74) is 1.27. The molecule has 4 heterocycles. The summed E-state index contributed by atoms with van der Waals surface area (Å²) in [5.74, 6) is -1.65. The van der Waals surface area contributed by atoms with Crippen molar-refractivity contribution in [1.82, 2.24) is 24.7 Å². The van der Waals surface area contributed by atoms with Gasteiger partial charge >= 0.3 is 5.97 Å². The molecular weight excluding hydrogens is 592 g/mol. The number of halogens is 2. The third-order valence-corrected chi connectivity index (χ3v) is 8.33. The average molecular weight is 622 g/mol. The molecule has 0 amide bonds. The van der Waals surface area contributed by atoms with Gasteiger partial charge in [-0.1, -0.05) is 36.3 Å². The number of carbonyl (C=O) groups is 1. The molecule has 1 aliphatic rings. The second-order valence-corrected chi connectivity index (χ2v) is 12.1. The molecule has 2 aromatic carbocycles. The van der Waals surface area contributed by atoms with E-state index in [1.54, 1.807) is 30.3 Å². The van der Waals surface area contributed by atoms with Gasteiger partial charge in [0.25, 0.3) is 5.19 Å². The number of pyridine rings is 1. The predicted molar refractivity (Wildman–Crippen MR) is 158 cm³/mol. The van der Waals surface area contributed by atoms with E-state index in [-0.39, 0.29) is 52.7 Å². The van der Waals surface area contributed by atoms with Gasteiger partial charge in [0.05, 0.1) is 48.2 Å². The molecule has 1 saturated heterocycles. The van der Waals surface area contributed by atoms with Crippen LogP contribution in [0.15, 0.2) is 48.5 Å². The Labute approximate surface area is 255 Å². The van der Waals surface area contributed by atoms with Crippen molar-refractivity contribution in [2.45, 2.75) is 39.8 Å². The Kier molecular flexibility index (Phi) is 7.99. The lowest BCUT2D eigenvalue weighted by Gasteiger charge is -2.28. The second-order valence-electron chi connectivity index (χ2n) is 11.1. The van der Waals surface area contributed by atoms with Crippen LogP contribution in [0, 0.1) is 17.0 Å². The van der Waals surface area contributed by atoms with Gasteiger partial charge in [0.1, 0.15) is 24.1 Å². The normalized spacial score (nSPS) is 16.0. The minimum absolute atomic E-state index is 0.0174. The standard InChI is InChI=1S/C31H29F2N5O5S/c1-4-42-30-37-36-28(44-30)15-43-27-7-5-6-22(35-27)19-13-20(32)18(10-21(19)33)12-26-34-23-9-8-17(29(39)40)11-24(23)38(26)25-14-41-16-31(25,2)3/h5-11,13,25H,4,12,14-16H2,1-3H3,(H,39,40). The van der Waals surface area contributed by atoms with E-state index in [1.807, 2.05) is 25.3 Å². The topological polar surface area (TPSA) is 121 Å². The molecule has 1 fully saturated rings. The summed E-state index contributed by atoms with van der Waals surface area (Å²) in [6, 6.07) is 11.6. The van der Waals surface area contributed by atoms with E-state index < -0.39 is 17.6 Å². The van der Waals surface area contributed by atoms with Crippen LogP contribution in [0.4, 0.5) is 8.78 Å².